The molecule has 0 spiro atoms. The first-order valence-electron chi connectivity index (χ1n) is 8.28. The zero-order valence-electron chi connectivity index (χ0n) is 15.6. The number of aliphatic imine (C=N–C) groups is 1. The van der Waals surface area contributed by atoms with Crippen LogP contribution >= 0.6 is 51.9 Å². The third-order valence-electron chi connectivity index (χ3n) is 4.53. The lowest BCUT2D eigenvalue weighted by Gasteiger charge is -2.31. The van der Waals surface area contributed by atoms with Gasteiger partial charge in [0.2, 0.25) is 10.0 Å². The maximum atomic E-state index is 12.8. The van der Waals surface area contributed by atoms with Crippen molar-refractivity contribution in [1.29, 1.82) is 0 Å². The molecule has 1 aliphatic rings. The Labute approximate surface area is 195 Å². The molecule has 0 aromatic heterocycles. The van der Waals surface area contributed by atoms with Crippen LogP contribution in [0.15, 0.2) is 52.4 Å². The number of thioether (sulfide) groups is 1. The van der Waals surface area contributed by atoms with Gasteiger partial charge in [-0.3, -0.25) is 4.99 Å². The van der Waals surface area contributed by atoms with E-state index >= 15 is 0 Å². The third kappa shape index (κ3) is 4.92. The van der Waals surface area contributed by atoms with Gasteiger partial charge in [-0.05, 0) is 23.8 Å². The van der Waals surface area contributed by atoms with Crippen LogP contribution in [0.5, 0.6) is 0 Å². The lowest BCUT2D eigenvalue weighted by molar-refractivity contribution is -0.0349. The highest BCUT2D eigenvalue weighted by Crippen LogP contribution is 2.39. The molecule has 0 amide bonds. The van der Waals surface area contributed by atoms with Gasteiger partial charge in [0.15, 0.2) is 10.9 Å². The van der Waals surface area contributed by atoms with Crippen LogP contribution in [-0.4, -0.2) is 43.4 Å². The van der Waals surface area contributed by atoms with E-state index in [1.807, 2.05) is 0 Å². The average Bonchev–Trinajstić information content (AvgIpc) is 2.96. The Balaban J connectivity index is 0.00000300. The number of rotatable bonds is 5. The Kier molecular flexibility index (Phi) is 8.06. The van der Waals surface area contributed by atoms with Crippen LogP contribution in [0.2, 0.25) is 10.0 Å². The minimum Gasteiger partial charge on any atom is -0.366 e. The van der Waals surface area contributed by atoms with Gasteiger partial charge in [0.05, 0.1) is 10.8 Å². The zero-order chi connectivity index (χ0) is 20.5. The molecule has 1 fully saturated rings. The number of aliphatic hydroxyl groups is 1. The lowest BCUT2D eigenvalue weighted by Crippen LogP contribution is -2.42. The van der Waals surface area contributed by atoms with Crippen LogP contribution in [0.3, 0.4) is 0 Å². The highest BCUT2D eigenvalue weighted by atomic mass is 79.9. The maximum absolute atomic E-state index is 12.8. The van der Waals surface area contributed by atoms with Crippen LogP contribution < -0.4 is 4.72 Å². The van der Waals surface area contributed by atoms with Gasteiger partial charge in [-0.2, -0.15) is 0 Å². The summed E-state index contributed by atoms with van der Waals surface area (Å²) in [5, 5.41) is 12.3. The first-order chi connectivity index (χ1) is 13.2. The summed E-state index contributed by atoms with van der Waals surface area (Å²) in [7, 11) is -0.580. The van der Waals surface area contributed by atoms with Crippen molar-refractivity contribution in [2.75, 3.05) is 19.8 Å². The quantitative estimate of drug-likeness (QED) is 0.601. The van der Waals surface area contributed by atoms with Crippen molar-refractivity contribution in [2.24, 2.45) is 4.99 Å². The van der Waals surface area contributed by atoms with Crippen LogP contribution in [0, 0.1) is 0 Å². The van der Waals surface area contributed by atoms with Gasteiger partial charge in [-0.15, -0.1) is 17.0 Å². The molecule has 29 heavy (non-hydrogen) atoms. The second kappa shape index (κ2) is 9.55. The molecule has 1 saturated heterocycles. The van der Waals surface area contributed by atoms with Gasteiger partial charge in [0, 0.05) is 31.2 Å². The second-order valence-corrected chi connectivity index (χ2v) is 9.72. The predicted octanol–water partition coefficient (Wildman–Crippen LogP) is 3.86. The molecule has 1 heterocycles. The molecule has 0 saturated carbocycles. The van der Waals surface area contributed by atoms with Crippen LogP contribution in [0.25, 0.3) is 0 Å². The summed E-state index contributed by atoms with van der Waals surface area (Å²) in [6.45, 7) is 0.0230. The summed E-state index contributed by atoms with van der Waals surface area (Å²) in [6, 6.07) is 11.5. The van der Waals surface area contributed by atoms with Crippen molar-refractivity contribution in [3.8, 4) is 0 Å². The molecular formula is C18H20BrCl2N3O3S2. The monoisotopic (exact) mass is 539 g/mol. The molecule has 0 radical (unpaired) electrons. The van der Waals surface area contributed by atoms with E-state index in [4.69, 9.17) is 23.2 Å². The van der Waals surface area contributed by atoms with E-state index in [0.717, 1.165) is 0 Å². The van der Waals surface area contributed by atoms with Crippen molar-refractivity contribution in [3.63, 3.8) is 0 Å². The fraction of sp³-hybridized carbons (Fsp3) is 0.278. The van der Waals surface area contributed by atoms with Crippen molar-refractivity contribution in [3.05, 3.63) is 63.6 Å². The predicted molar refractivity (Wildman–Crippen MR) is 125 cm³/mol. The minimum absolute atomic E-state index is 0. The van der Waals surface area contributed by atoms with Gasteiger partial charge < -0.3 is 10.0 Å². The van der Waals surface area contributed by atoms with E-state index in [0.29, 0.717) is 27.1 Å². The molecule has 2 aromatic carbocycles. The molecule has 1 atom stereocenters. The molecule has 0 bridgehead atoms. The molecule has 6 nitrogen and oxygen atoms in total. The molecule has 1 unspecified atom stereocenters. The van der Waals surface area contributed by atoms with Gasteiger partial charge in [0.1, 0.15) is 4.90 Å². The number of halogens is 3. The Morgan fingerprint density at radius 3 is 2.55 bits per heavy atom. The highest BCUT2D eigenvalue weighted by Gasteiger charge is 2.43. The van der Waals surface area contributed by atoms with E-state index in [1.54, 1.807) is 49.3 Å². The summed E-state index contributed by atoms with van der Waals surface area (Å²) in [4.78, 5) is 5.64. The Bertz CT molecular complexity index is 1040. The first-order valence-corrected chi connectivity index (χ1v) is 11.5. The molecular weight excluding hydrogens is 521 g/mol. The Hall–Kier alpha value is -0.810. The van der Waals surface area contributed by atoms with Gasteiger partial charge in [-0.1, -0.05) is 59.2 Å². The van der Waals surface area contributed by atoms with Crippen molar-refractivity contribution < 1.29 is 13.5 Å². The number of hydrogen-bond acceptors (Lipinski definition) is 5. The zero-order valence-corrected chi connectivity index (χ0v) is 20.5. The maximum Gasteiger partial charge on any atom is 0.242 e. The van der Waals surface area contributed by atoms with Gasteiger partial charge >= 0.3 is 0 Å². The highest BCUT2D eigenvalue weighted by molar-refractivity contribution is 8.93. The largest absolute Gasteiger partial charge is 0.366 e. The van der Waals surface area contributed by atoms with Crippen molar-refractivity contribution in [2.45, 2.75) is 17.2 Å². The number of nitrogens with zero attached hydrogens (tertiary/aromatic N) is 2. The lowest BCUT2D eigenvalue weighted by atomic mass is 10.0. The normalized spacial score (nSPS) is 20.7. The van der Waals surface area contributed by atoms with Gasteiger partial charge in [-0.25, -0.2) is 13.1 Å². The van der Waals surface area contributed by atoms with Crippen molar-refractivity contribution >= 4 is 67.1 Å². The number of sulfonamides is 1. The number of hydrogen-bond donors (Lipinski definition) is 2. The second-order valence-electron chi connectivity index (χ2n) is 6.23. The number of amidine groups is 1. The fourth-order valence-electron chi connectivity index (χ4n) is 2.86. The molecule has 1 aliphatic heterocycles. The average molecular weight is 541 g/mol. The molecule has 158 valence electrons. The summed E-state index contributed by atoms with van der Waals surface area (Å²) in [6.07, 6.45) is 0. The molecule has 3 rings (SSSR count). The number of nitrogens with one attached hydrogen (secondary N) is 1. The van der Waals surface area contributed by atoms with Crippen LogP contribution in [0.1, 0.15) is 11.1 Å². The fourth-order valence-corrected chi connectivity index (χ4v) is 5.76. The summed E-state index contributed by atoms with van der Waals surface area (Å²) >= 11 is 13.7. The smallest absolute Gasteiger partial charge is 0.242 e. The summed E-state index contributed by atoms with van der Waals surface area (Å²) in [5.74, 6) is 0.324. The minimum atomic E-state index is -3.93. The van der Waals surface area contributed by atoms with Crippen molar-refractivity contribution in [1.82, 2.24) is 9.62 Å². The van der Waals surface area contributed by atoms with Gasteiger partial charge in [0.25, 0.3) is 0 Å². The van der Waals surface area contributed by atoms with E-state index in [2.05, 4.69) is 9.71 Å². The van der Waals surface area contributed by atoms with E-state index in [-0.39, 0.29) is 33.4 Å². The standard InChI is InChI=1S/C18H19Cl2N3O3S2.BrH/c1-21-17-23(2)18(24,11-27-17)13-7-8-15(20)16(9-13)28(25,26)22-10-12-5-3-4-6-14(12)19;/h3-9,22,24H,10-11H2,1-2H3;1H. The van der Waals surface area contributed by atoms with E-state index < -0.39 is 15.7 Å². The molecule has 2 N–H and O–H groups in total. The Morgan fingerprint density at radius 1 is 1.24 bits per heavy atom. The Morgan fingerprint density at radius 2 is 1.93 bits per heavy atom. The van der Waals surface area contributed by atoms with Crippen LogP contribution in [0.4, 0.5) is 0 Å². The van der Waals surface area contributed by atoms with E-state index in [1.165, 1.54) is 23.9 Å². The van der Waals surface area contributed by atoms with E-state index in [9.17, 15) is 13.5 Å². The summed E-state index contributed by atoms with van der Waals surface area (Å²) < 4.78 is 28.2. The SMILES string of the molecule is Br.CN=C1SCC(O)(c2ccc(Cl)c(S(=O)(=O)NCc3ccccc3Cl)c2)N1C. The first kappa shape index (κ1) is 24.5. The van der Waals surface area contributed by atoms with Crippen LogP contribution in [-0.2, 0) is 22.3 Å². The molecule has 0 aliphatic carbocycles. The summed E-state index contributed by atoms with van der Waals surface area (Å²) in [5.41, 5.74) is -0.310. The molecule has 2 aromatic rings. The number of benzene rings is 2. The third-order valence-corrected chi connectivity index (χ3v) is 8.04. The topological polar surface area (TPSA) is 82.0 Å². The molecule has 11 heteroatoms.